The highest BCUT2D eigenvalue weighted by Crippen LogP contribution is 2.39. The molecule has 1 aromatic carbocycles. The average Bonchev–Trinajstić information content (AvgIpc) is 2.85. The first-order chi connectivity index (χ1) is 17.2. The number of aliphatic hydroxyl groups is 1. The number of fused-ring (bicyclic) bond motifs is 1. The summed E-state index contributed by atoms with van der Waals surface area (Å²) >= 11 is 0. The van der Waals surface area contributed by atoms with E-state index in [-0.39, 0.29) is 23.4 Å². The van der Waals surface area contributed by atoms with Crippen molar-refractivity contribution in [2.24, 2.45) is 0 Å². The number of benzene rings is 1. The van der Waals surface area contributed by atoms with Gasteiger partial charge < -0.3 is 25.0 Å². The molecular formula is C26H30F2N6O2. The highest BCUT2D eigenvalue weighted by Gasteiger charge is 2.28. The minimum atomic E-state index is -0.656. The van der Waals surface area contributed by atoms with Crippen molar-refractivity contribution in [1.82, 2.24) is 15.0 Å². The fourth-order valence-corrected chi connectivity index (χ4v) is 4.61. The lowest BCUT2D eigenvalue weighted by atomic mass is 9.94. The number of aromatic nitrogens is 3. The third-order valence-corrected chi connectivity index (χ3v) is 6.75. The normalized spacial score (nSPS) is 17.1. The zero-order valence-electron chi connectivity index (χ0n) is 20.6. The Hall–Kier alpha value is -3.53. The molecule has 0 amide bonds. The van der Waals surface area contributed by atoms with Crippen LogP contribution in [0.3, 0.4) is 0 Å². The van der Waals surface area contributed by atoms with E-state index in [0.29, 0.717) is 43.1 Å². The van der Waals surface area contributed by atoms with E-state index in [2.05, 4.69) is 25.2 Å². The summed E-state index contributed by atoms with van der Waals surface area (Å²) in [7, 11) is 0. The number of nitrogens with one attached hydrogen (secondary N) is 1. The number of pyridine rings is 1. The molecule has 2 aliphatic rings. The van der Waals surface area contributed by atoms with Crippen molar-refractivity contribution in [3.8, 4) is 17.0 Å². The molecule has 0 bridgehead atoms. The van der Waals surface area contributed by atoms with Crippen LogP contribution in [-0.4, -0.2) is 57.9 Å². The van der Waals surface area contributed by atoms with Crippen LogP contribution >= 0.6 is 0 Å². The van der Waals surface area contributed by atoms with Gasteiger partial charge in [-0.3, -0.25) is 0 Å². The summed E-state index contributed by atoms with van der Waals surface area (Å²) < 4.78 is 35.2. The summed E-state index contributed by atoms with van der Waals surface area (Å²) in [5.41, 5.74) is 1.20. The number of hydrogen-bond acceptors (Lipinski definition) is 8. The molecule has 2 aliphatic heterocycles. The van der Waals surface area contributed by atoms with Gasteiger partial charge in [-0.1, -0.05) is 0 Å². The summed E-state index contributed by atoms with van der Waals surface area (Å²) in [5.74, 6) is -0.394. The molecular weight excluding hydrogens is 466 g/mol. The quantitative estimate of drug-likeness (QED) is 0.533. The first-order valence-corrected chi connectivity index (χ1v) is 12.2. The van der Waals surface area contributed by atoms with Gasteiger partial charge in [0.1, 0.15) is 18.1 Å². The predicted octanol–water partition coefficient (Wildman–Crippen LogP) is 4.52. The highest BCUT2D eigenvalue weighted by molar-refractivity contribution is 5.73. The number of rotatable bonds is 5. The molecule has 2 N–H and O–H groups in total. The van der Waals surface area contributed by atoms with E-state index in [1.807, 2.05) is 31.7 Å². The van der Waals surface area contributed by atoms with Crippen LogP contribution in [0.15, 0.2) is 36.7 Å². The standard InChI is InChI=1S/C26H30F2N6O2/c1-16(2)34-10-11-36-24-19(27)12-17(13-21(24)34)23-20(28)15-30-25(32-23)31-22-5-4-18(14-29-22)33-8-6-26(3,35)7-9-33/h4-5,12-16,35H,6-11H2,1-3H3,(H,29,30,31,32). The van der Waals surface area contributed by atoms with Gasteiger partial charge in [0.15, 0.2) is 17.4 Å². The molecule has 2 aromatic heterocycles. The van der Waals surface area contributed by atoms with Gasteiger partial charge in [0, 0.05) is 24.7 Å². The van der Waals surface area contributed by atoms with E-state index in [0.717, 1.165) is 25.0 Å². The summed E-state index contributed by atoms with van der Waals surface area (Å²) in [6, 6.07) is 6.79. The molecule has 0 spiro atoms. The van der Waals surface area contributed by atoms with E-state index in [9.17, 15) is 13.9 Å². The van der Waals surface area contributed by atoms with Crippen LogP contribution in [0.25, 0.3) is 11.3 Å². The van der Waals surface area contributed by atoms with Gasteiger partial charge in [0.25, 0.3) is 0 Å². The van der Waals surface area contributed by atoms with Crippen LogP contribution < -0.4 is 19.9 Å². The Balaban J connectivity index is 1.37. The minimum absolute atomic E-state index is 0.0135. The summed E-state index contributed by atoms with van der Waals surface area (Å²) in [5, 5.41) is 13.2. The summed E-state index contributed by atoms with van der Waals surface area (Å²) in [6.45, 7) is 8.40. The number of nitrogens with zero attached hydrogens (tertiary/aromatic N) is 5. The molecule has 4 heterocycles. The maximum absolute atomic E-state index is 14.9. The first kappa shape index (κ1) is 24.2. The number of halogens is 2. The van der Waals surface area contributed by atoms with Crippen molar-refractivity contribution in [2.75, 3.05) is 41.4 Å². The van der Waals surface area contributed by atoms with Crippen molar-refractivity contribution in [1.29, 1.82) is 0 Å². The van der Waals surface area contributed by atoms with Gasteiger partial charge in [-0.2, -0.15) is 0 Å². The van der Waals surface area contributed by atoms with E-state index < -0.39 is 17.2 Å². The van der Waals surface area contributed by atoms with Crippen LogP contribution in [0.2, 0.25) is 0 Å². The summed E-state index contributed by atoms with van der Waals surface area (Å²) in [4.78, 5) is 17.0. The molecule has 1 saturated heterocycles. The Kier molecular flexibility index (Phi) is 6.38. The van der Waals surface area contributed by atoms with Gasteiger partial charge in [-0.25, -0.2) is 23.7 Å². The van der Waals surface area contributed by atoms with Crippen molar-refractivity contribution in [3.63, 3.8) is 0 Å². The van der Waals surface area contributed by atoms with Crippen LogP contribution in [0.1, 0.15) is 33.6 Å². The molecule has 36 heavy (non-hydrogen) atoms. The topological polar surface area (TPSA) is 86.6 Å². The van der Waals surface area contributed by atoms with E-state index in [1.54, 1.807) is 18.3 Å². The Morgan fingerprint density at radius 2 is 1.83 bits per heavy atom. The third-order valence-electron chi connectivity index (χ3n) is 6.75. The van der Waals surface area contributed by atoms with E-state index >= 15 is 0 Å². The van der Waals surface area contributed by atoms with Crippen molar-refractivity contribution in [2.45, 2.75) is 45.3 Å². The smallest absolute Gasteiger partial charge is 0.229 e. The molecule has 0 saturated carbocycles. The second kappa shape index (κ2) is 9.50. The van der Waals surface area contributed by atoms with Gasteiger partial charge >= 0.3 is 0 Å². The molecule has 1 fully saturated rings. The summed E-state index contributed by atoms with van der Waals surface area (Å²) in [6.07, 6.45) is 4.20. The lowest BCUT2D eigenvalue weighted by molar-refractivity contribution is 0.0351. The zero-order chi connectivity index (χ0) is 25.4. The number of ether oxygens (including phenoxy) is 1. The van der Waals surface area contributed by atoms with Crippen LogP contribution in [0.5, 0.6) is 5.75 Å². The number of piperidine rings is 1. The maximum atomic E-state index is 14.9. The van der Waals surface area contributed by atoms with E-state index in [4.69, 9.17) is 4.74 Å². The maximum Gasteiger partial charge on any atom is 0.229 e. The van der Waals surface area contributed by atoms with Crippen molar-refractivity contribution in [3.05, 3.63) is 48.3 Å². The lowest BCUT2D eigenvalue weighted by Gasteiger charge is -2.36. The fraction of sp³-hybridized carbons (Fsp3) is 0.423. The molecule has 0 unspecified atom stereocenters. The molecule has 8 nitrogen and oxygen atoms in total. The van der Waals surface area contributed by atoms with Gasteiger partial charge in [-0.15, -0.1) is 0 Å². The minimum Gasteiger partial charge on any atom is -0.486 e. The van der Waals surface area contributed by atoms with Crippen LogP contribution in [0.4, 0.5) is 31.9 Å². The van der Waals surface area contributed by atoms with Gasteiger partial charge in [0.05, 0.1) is 35.9 Å². The van der Waals surface area contributed by atoms with Crippen LogP contribution in [-0.2, 0) is 0 Å². The lowest BCUT2D eigenvalue weighted by Crippen LogP contribution is -2.42. The monoisotopic (exact) mass is 496 g/mol. The zero-order valence-corrected chi connectivity index (χ0v) is 20.6. The predicted molar refractivity (Wildman–Crippen MR) is 135 cm³/mol. The number of hydrogen-bond donors (Lipinski definition) is 2. The molecule has 190 valence electrons. The fourth-order valence-electron chi connectivity index (χ4n) is 4.61. The Labute approximate surface area is 209 Å². The Bertz CT molecular complexity index is 1240. The second-order valence-electron chi connectivity index (χ2n) is 9.84. The van der Waals surface area contributed by atoms with Crippen LogP contribution in [0, 0.1) is 11.6 Å². The van der Waals surface area contributed by atoms with Crippen molar-refractivity contribution < 1.29 is 18.6 Å². The average molecular weight is 497 g/mol. The van der Waals surface area contributed by atoms with E-state index in [1.165, 1.54) is 6.07 Å². The van der Waals surface area contributed by atoms with Gasteiger partial charge in [0.2, 0.25) is 5.95 Å². The SMILES string of the molecule is CC(C)N1CCOc2c(F)cc(-c3nc(Nc4ccc(N5CCC(C)(O)CC5)cn4)ncc3F)cc21. The van der Waals surface area contributed by atoms with Crippen molar-refractivity contribution >= 4 is 23.1 Å². The highest BCUT2D eigenvalue weighted by atomic mass is 19.1. The molecule has 5 rings (SSSR count). The molecule has 0 atom stereocenters. The Morgan fingerprint density at radius 1 is 1.06 bits per heavy atom. The first-order valence-electron chi connectivity index (χ1n) is 12.2. The second-order valence-corrected chi connectivity index (χ2v) is 9.84. The molecule has 3 aromatic rings. The largest absolute Gasteiger partial charge is 0.486 e. The third kappa shape index (κ3) is 4.90. The molecule has 0 aliphatic carbocycles. The van der Waals surface area contributed by atoms with Gasteiger partial charge in [-0.05, 0) is 57.9 Å². The molecule has 0 radical (unpaired) electrons. The molecule has 10 heteroatoms. The number of anilines is 4. The Morgan fingerprint density at radius 3 is 2.53 bits per heavy atom.